The van der Waals surface area contributed by atoms with Crippen LogP contribution in [0.2, 0.25) is 0 Å². The van der Waals surface area contributed by atoms with Crippen LogP contribution in [0.3, 0.4) is 0 Å². The molecule has 352 valence electrons. The van der Waals surface area contributed by atoms with Gasteiger partial charge in [-0.05, 0) is 87.9 Å². The van der Waals surface area contributed by atoms with Gasteiger partial charge in [-0.25, -0.2) is 9.59 Å². The molecular weight excluding hydrogens is 761 g/mol. The third-order valence-corrected chi connectivity index (χ3v) is 11.8. The molecule has 0 rings (SSSR count). The van der Waals surface area contributed by atoms with E-state index in [1.54, 1.807) is 0 Å². The molecule has 0 aliphatic rings. The van der Waals surface area contributed by atoms with Gasteiger partial charge in [-0.15, -0.1) is 0 Å². The van der Waals surface area contributed by atoms with Gasteiger partial charge in [-0.2, -0.15) is 0 Å². The Morgan fingerprint density at radius 1 is 0.383 bits per heavy atom. The lowest BCUT2D eigenvalue weighted by Gasteiger charge is -2.15. The zero-order chi connectivity index (χ0) is 46.2. The number of ketones is 2. The molecular formula is C50H92O10. The molecule has 0 saturated heterocycles. The van der Waals surface area contributed by atoms with Gasteiger partial charge in [0.05, 0.1) is 0 Å². The monoisotopic (exact) mass is 853 g/mol. The Hall–Kier alpha value is -2.40. The van der Waals surface area contributed by atoms with Crippen molar-refractivity contribution in [1.29, 1.82) is 0 Å². The molecule has 0 amide bonds. The largest absolute Gasteiger partial charge is 0.479 e. The fourth-order valence-electron chi connectivity index (χ4n) is 7.46. The minimum Gasteiger partial charge on any atom is -0.479 e. The van der Waals surface area contributed by atoms with Gasteiger partial charge < -0.3 is 30.6 Å². The first-order chi connectivity index (χ1) is 28.1. The van der Waals surface area contributed by atoms with Crippen molar-refractivity contribution < 1.29 is 49.8 Å². The minimum atomic E-state index is -2.05. The fraction of sp³-hybridized carbons (Fsp3) is 0.840. The number of aliphatic hydroxyl groups excluding tert-OH is 4. The second-order valence-electron chi connectivity index (χ2n) is 19.3. The maximum absolute atomic E-state index is 11.7. The third-order valence-electron chi connectivity index (χ3n) is 11.8. The molecule has 0 radical (unpaired) electrons. The lowest BCUT2D eigenvalue weighted by atomic mass is 9.91. The summed E-state index contributed by atoms with van der Waals surface area (Å²) in [5.41, 5.74) is 2.42. The average molecular weight is 853 g/mol. The van der Waals surface area contributed by atoms with Crippen LogP contribution < -0.4 is 0 Å². The summed E-state index contributed by atoms with van der Waals surface area (Å²) < 4.78 is 0. The number of carboxylic acids is 2. The second kappa shape index (κ2) is 36.1. The van der Waals surface area contributed by atoms with E-state index in [1.807, 2.05) is 26.0 Å². The van der Waals surface area contributed by atoms with Gasteiger partial charge in [0.2, 0.25) is 0 Å². The van der Waals surface area contributed by atoms with E-state index in [1.165, 1.54) is 101 Å². The number of Topliss-reactive ketones (excluding diaryl/α,β-unsaturated/α-hetero) is 2. The molecule has 0 aromatic rings. The maximum atomic E-state index is 11.7. The quantitative estimate of drug-likeness (QED) is 0.0331. The number of carbonyl (C=O) groups excluding carboxylic acids is 2. The van der Waals surface area contributed by atoms with Gasteiger partial charge in [-0.1, -0.05) is 169 Å². The predicted molar refractivity (Wildman–Crippen MR) is 245 cm³/mol. The highest BCUT2D eigenvalue weighted by atomic mass is 16.4. The van der Waals surface area contributed by atoms with Crippen LogP contribution in [0.1, 0.15) is 210 Å². The van der Waals surface area contributed by atoms with Crippen molar-refractivity contribution in [3.05, 3.63) is 23.3 Å². The normalized spacial score (nSPS) is 16.3. The summed E-state index contributed by atoms with van der Waals surface area (Å²) in [4.78, 5) is 44.6. The van der Waals surface area contributed by atoms with Crippen molar-refractivity contribution in [1.82, 2.24) is 0 Å². The number of allylic oxidation sites excluding steroid dienone is 4. The summed E-state index contributed by atoms with van der Waals surface area (Å²) in [5.74, 6) is 0.303. The summed E-state index contributed by atoms with van der Waals surface area (Å²) in [6, 6.07) is 0. The second-order valence-corrected chi connectivity index (χ2v) is 19.3. The molecule has 6 N–H and O–H groups in total. The molecule has 0 fully saturated rings. The summed E-state index contributed by atoms with van der Waals surface area (Å²) in [6.07, 6.45) is 19.7. The standard InChI is InChI=1S/2C25H46O5/c2*1-18(2)10-6-11-19(3)12-7-13-20(4)14-8-15-21(5)16-9-17-22(26)23(27)24(28)25(29)30/h2*16,18-20,23-24,27-28H,6-15,17H2,1-5H3,(H,29,30). The van der Waals surface area contributed by atoms with Crippen molar-refractivity contribution in [3.63, 3.8) is 0 Å². The van der Waals surface area contributed by atoms with Crippen LogP contribution in [0.4, 0.5) is 0 Å². The zero-order valence-corrected chi connectivity index (χ0v) is 39.8. The molecule has 0 aliphatic heterocycles. The summed E-state index contributed by atoms with van der Waals surface area (Å²) in [5, 5.41) is 54.6. The molecule has 0 heterocycles. The number of aliphatic hydroxyl groups is 4. The maximum Gasteiger partial charge on any atom is 0.335 e. The van der Waals surface area contributed by atoms with Crippen LogP contribution in [0.25, 0.3) is 0 Å². The van der Waals surface area contributed by atoms with Gasteiger partial charge in [0.25, 0.3) is 0 Å². The molecule has 60 heavy (non-hydrogen) atoms. The van der Waals surface area contributed by atoms with Gasteiger partial charge in [0, 0.05) is 12.8 Å². The number of hydrogen-bond donors (Lipinski definition) is 6. The van der Waals surface area contributed by atoms with E-state index in [2.05, 4.69) is 55.4 Å². The predicted octanol–water partition coefficient (Wildman–Crippen LogP) is 11.1. The molecule has 8 unspecified atom stereocenters. The van der Waals surface area contributed by atoms with Crippen molar-refractivity contribution >= 4 is 23.5 Å². The molecule has 0 aromatic carbocycles. The molecule has 0 aromatic heterocycles. The number of rotatable bonds is 36. The van der Waals surface area contributed by atoms with E-state index < -0.39 is 47.9 Å². The van der Waals surface area contributed by atoms with E-state index >= 15 is 0 Å². The average Bonchev–Trinajstić information content (AvgIpc) is 3.16. The Morgan fingerprint density at radius 3 is 0.883 bits per heavy atom. The van der Waals surface area contributed by atoms with Gasteiger partial charge in [0.1, 0.15) is 12.2 Å². The lowest BCUT2D eigenvalue weighted by molar-refractivity contribution is -0.157. The highest BCUT2D eigenvalue weighted by molar-refractivity contribution is 5.89. The molecule has 0 aliphatic carbocycles. The SMILES string of the molecule is CC(=CCCC(=O)C(O)C(O)C(=O)O)CCCC(C)CCCC(C)CCCC(C)C.CC(=CCCC(=O)C(O)C(O)C(=O)O)CCCC(C)CCCC(C)CCCC(C)C. The third kappa shape index (κ3) is 34.2. The van der Waals surface area contributed by atoms with Crippen molar-refractivity contribution in [3.8, 4) is 0 Å². The lowest BCUT2D eigenvalue weighted by Crippen LogP contribution is -2.39. The zero-order valence-electron chi connectivity index (χ0n) is 39.8. The highest BCUT2D eigenvalue weighted by Crippen LogP contribution is 2.24. The number of hydrogen-bond acceptors (Lipinski definition) is 8. The number of carbonyl (C=O) groups is 4. The van der Waals surface area contributed by atoms with E-state index in [0.29, 0.717) is 12.8 Å². The first-order valence-electron chi connectivity index (χ1n) is 23.6. The van der Waals surface area contributed by atoms with Crippen LogP contribution in [-0.2, 0) is 19.2 Å². The first-order valence-corrected chi connectivity index (χ1v) is 23.6. The van der Waals surface area contributed by atoms with E-state index in [9.17, 15) is 39.6 Å². The molecule has 0 bridgehead atoms. The van der Waals surface area contributed by atoms with Crippen LogP contribution in [-0.4, -0.2) is 78.6 Å². The minimum absolute atomic E-state index is 0.0363. The highest BCUT2D eigenvalue weighted by Gasteiger charge is 2.30. The van der Waals surface area contributed by atoms with E-state index in [4.69, 9.17) is 10.2 Å². The molecule has 0 spiro atoms. The van der Waals surface area contributed by atoms with Crippen LogP contribution in [0, 0.1) is 35.5 Å². The van der Waals surface area contributed by atoms with Crippen molar-refractivity contribution in [2.45, 2.75) is 235 Å². The summed E-state index contributed by atoms with van der Waals surface area (Å²) in [6.45, 7) is 22.7. The molecule has 10 nitrogen and oxygen atoms in total. The first kappa shape index (κ1) is 59.7. The summed E-state index contributed by atoms with van der Waals surface area (Å²) in [7, 11) is 0. The molecule has 0 saturated carbocycles. The Bertz CT molecular complexity index is 1120. The van der Waals surface area contributed by atoms with Gasteiger partial charge >= 0.3 is 11.9 Å². The molecule has 10 heteroatoms. The van der Waals surface area contributed by atoms with Crippen LogP contribution in [0.15, 0.2) is 23.3 Å². The van der Waals surface area contributed by atoms with E-state index in [-0.39, 0.29) is 12.8 Å². The number of carboxylic acid groups (broad SMARTS) is 2. The van der Waals surface area contributed by atoms with Crippen molar-refractivity contribution in [2.75, 3.05) is 0 Å². The van der Waals surface area contributed by atoms with Crippen LogP contribution >= 0.6 is 0 Å². The topological polar surface area (TPSA) is 190 Å². The Labute approximate surface area is 366 Å². The smallest absolute Gasteiger partial charge is 0.335 e. The summed E-state index contributed by atoms with van der Waals surface area (Å²) >= 11 is 0. The number of aliphatic carboxylic acids is 2. The van der Waals surface area contributed by atoms with Crippen LogP contribution in [0.5, 0.6) is 0 Å². The molecule has 8 atom stereocenters. The van der Waals surface area contributed by atoms with E-state index in [0.717, 1.165) is 61.2 Å². The Balaban J connectivity index is 0. The van der Waals surface area contributed by atoms with Crippen molar-refractivity contribution in [2.24, 2.45) is 35.5 Å². The Kier molecular flexibility index (Phi) is 35.9. The van der Waals surface area contributed by atoms with Gasteiger partial charge in [-0.3, -0.25) is 9.59 Å². The fourth-order valence-corrected chi connectivity index (χ4v) is 7.46. The Morgan fingerprint density at radius 2 is 0.633 bits per heavy atom. The van der Waals surface area contributed by atoms with Gasteiger partial charge in [0.15, 0.2) is 23.8 Å².